The summed E-state index contributed by atoms with van der Waals surface area (Å²) in [6.45, 7) is 5.38. The zero-order valence-corrected chi connectivity index (χ0v) is 16.2. The van der Waals surface area contributed by atoms with E-state index in [4.69, 9.17) is 4.74 Å². The second-order valence-electron chi connectivity index (χ2n) is 6.77. The van der Waals surface area contributed by atoms with Crippen molar-refractivity contribution in [1.82, 2.24) is 0 Å². The first-order valence-electron chi connectivity index (χ1n) is 9.19. The number of carbonyl (C=O) groups excluding carboxylic acids is 2. The lowest BCUT2D eigenvalue weighted by Gasteiger charge is -2.16. The molecule has 1 amide bonds. The molecule has 3 aromatic carbocycles. The SMILES string of the molecule is Cc1ccc(C(=O)O[C@@H](C)C(=O)Nc2ccccc2-c2ccccc2)c(C)c1. The summed E-state index contributed by atoms with van der Waals surface area (Å²) in [6, 6.07) is 22.8. The summed E-state index contributed by atoms with van der Waals surface area (Å²) in [5.41, 5.74) is 4.94. The van der Waals surface area contributed by atoms with Crippen LogP contribution in [0.2, 0.25) is 0 Å². The first kappa shape index (κ1) is 19.4. The van der Waals surface area contributed by atoms with E-state index in [1.807, 2.05) is 80.6 Å². The van der Waals surface area contributed by atoms with E-state index >= 15 is 0 Å². The molecule has 0 spiro atoms. The Hall–Kier alpha value is -3.40. The third kappa shape index (κ3) is 4.46. The second-order valence-corrected chi connectivity index (χ2v) is 6.77. The van der Waals surface area contributed by atoms with Crippen LogP contribution >= 0.6 is 0 Å². The fourth-order valence-electron chi connectivity index (χ4n) is 3.02. The minimum Gasteiger partial charge on any atom is -0.449 e. The fraction of sp³-hybridized carbons (Fsp3) is 0.167. The smallest absolute Gasteiger partial charge is 0.339 e. The maximum absolute atomic E-state index is 12.6. The molecule has 0 radical (unpaired) electrons. The van der Waals surface area contributed by atoms with E-state index in [0.717, 1.165) is 22.3 Å². The predicted molar refractivity (Wildman–Crippen MR) is 111 cm³/mol. The van der Waals surface area contributed by atoms with Crippen LogP contribution in [0.25, 0.3) is 11.1 Å². The Morgan fingerprint density at radius 1 is 0.893 bits per heavy atom. The van der Waals surface area contributed by atoms with Gasteiger partial charge in [0.1, 0.15) is 0 Å². The van der Waals surface area contributed by atoms with Gasteiger partial charge in [0.25, 0.3) is 5.91 Å². The number of aryl methyl sites for hydroxylation is 2. The molecule has 4 heteroatoms. The molecule has 3 rings (SSSR count). The Morgan fingerprint density at radius 3 is 2.29 bits per heavy atom. The molecule has 0 aromatic heterocycles. The molecular weight excluding hydrogens is 350 g/mol. The second kappa shape index (κ2) is 8.53. The first-order valence-corrected chi connectivity index (χ1v) is 9.19. The van der Waals surface area contributed by atoms with Crippen molar-refractivity contribution in [3.8, 4) is 11.1 Å². The lowest BCUT2D eigenvalue weighted by molar-refractivity contribution is -0.123. The van der Waals surface area contributed by atoms with Crippen molar-refractivity contribution in [2.45, 2.75) is 26.9 Å². The lowest BCUT2D eigenvalue weighted by Crippen LogP contribution is -2.30. The Labute approximate surface area is 165 Å². The summed E-state index contributed by atoms with van der Waals surface area (Å²) in [5, 5.41) is 2.87. The van der Waals surface area contributed by atoms with Crippen LogP contribution in [0.1, 0.15) is 28.4 Å². The van der Waals surface area contributed by atoms with E-state index in [9.17, 15) is 9.59 Å². The molecule has 142 valence electrons. The molecule has 3 aromatic rings. The van der Waals surface area contributed by atoms with Gasteiger partial charge in [-0.25, -0.2) is 4.79 Å². The highest BCUT2D eigenvalue weighted by atomic mass is 16.5. The minimum atomic E-state index is -0.919. The number of para-hydroxylation sites is 1. The third-order valence-corrected chi connectivity index (χ3v) is 4.52. The highest BCUT2D eigenvalue weighted by Crippen LogP contribution is 2.27. The predicted octanol–water partition coefficient (Wildman–Crippen LogP) is 5.15. The molecule has 0 unspecified atom stereocenters. The van der Waals surface area contributed by atoms with Crippen LogP contribution < -0.4 is 5.32 Å². The van der Waals surface area contributed by atoms with Crippen LogP contribution in [-0.2, 0) is 9.53 Å². The number of nitrogens with one attached hydrogen (secondary N) is 1. The van der Waals surface area contributed by atoms with Crippen molar-refractivity contribution < 1.29 is 14.3 Å². The number of ether oxygens (including phenoxy) is 1. The Balaban J connectivity index is 1.72. The Bertz CT molecular complexity index is 996. The third-order valence-electron chi connectivity index (χ3n) is 4.52. The summed E-state index contributed by atoms with van der Waals surface area (Å²) >= 11 is 0. The number of esters is 1. The van der Waals surface area contributed by atoms with Crippen LogP contribution in [0.15, 0.2) is 72.8 Å². The number of anilines is 1. The maximum Gasteiger partial charge on any atom is 0.339 e. The minimum absolute atomic E-state index is 0.374. The number of benzene rings is 3. The molecule has 0 saturated heterocycles. The number of hydrogen-bond acceptors (Lipinski definition) is 3. The molecule has 4 nitrogen and oxygen atoms in total. The average Bonchev–Trinajstić information content (AvgIpc) is 2.69. The molecule has 1 atom stereocenters. The number of hydrogen-bond donors (Lipinski definition) is 1. The van der Waals surface area contributed by atoms with E-state index < -0.39 is 12.1 Å². The topological polar surface area (TPSA) is 55.4 Å². The van der Waals surface area contributed by atoms with Crippen LogP contribution in [0.3, 0.4) is 0 Å². The lowest BCUT2D eigenvalue weighted by atomic mass is 10.0. The summed E-state index contributed by atoms with van der Waals surface area (Å²) in [4.78, 5) is 25.0. The van der Waals surface area contributed by atoms with Gasteiger partial charge in [0.15, 0.2) is 6.10 Å². The first-order chi connectivity index (χ1) is 13.5. The maximum atomic E-state index is 12.6. The number of rotatable bonds is 5. The standard InChI is InChI=1S/C24H23NO3/c1-16-13-14-20(17(2)15-16)24(27)28-18(3)23(26)25-22-12-8-7-11-21(22)19-9-5-4-6-10-19/h4-15,18H,1-3H3,(H,25,26)/t18-/m0/s1. The largest absolute Gasteiger partial charge is 0.449 e. The van der Waals surface area contributed by atoms with Gasteiger partial charge < -0.3 is 10.1 Å². The highest BCUT2D eigenvalue weighted by molar-refractivity contribution is 6.00. The van der Waals surface area contributed by atoms with Gasteiger partial charge in [-0.3, -0.25) is 4.79 Å². The van der Waals surface area contributed by atoms with E-state index in [0.29, 0.717) is 11.3 Å². The van der Waals surface area contributed by atoms with Crippen molar-refractivity contribution in [3.63, 3.8) is 0 Å². The van der Waals surface area contributed by atoms with Crippen molar-refractivity contribution >= 4 is 17.6 Å². The van der Waals surface area contributed by atoms with Gasteiger partial charge in [-0.2, -0.15) is 0 Å². The summed E-state index contributed by atoms with van der Waals surface area (Å²) in [6.07, 6.45) is -0.919. The van der Waals surface area contributed by atoms with Crippen molar-refractivity contribution in [2.24, 2.45) is 0 Å². The molecule has 0 bridgehead atoms. The quantitative estimate of drug-likeness (QED) is 0.629. The van der Waals surface area contributed by atoms with Gasteiger partial charge in [0, 0.05) is 11.3 Å². The molecule has 0 aliphatic carbocycles. The molecule has 1 N–H and O–H groups in total. The highest BCUT2D eigenvalue weighted by Gasteiger charge is 2.21. The van der Waals surface area contributed by atoms with Gasteiger partial charge in [0.2, 0.25) is 0 Å². The molecular formula is C24H23NO3. The summed E-state index contributed by atoms with van der Waals surface area (Å²) in [7, 11) is 0. The molecule has 0 saturated carbocycles. The summed E-state index contributed by atoms with van der Waals surface area (Å²) < 4.78 is 5.39. The monoisotopic (exact) mass is 373 g/mol. The van der Waals surface area contributed by atoms with Gasteiger partial charge in [-0.05, 0) is 44.0 Å². The van der Waals surface area contributed by atoms with Crippen LogP contribution in [-0.4, -0.2) is 18.0 Å². The van der Waals surface area contributed by atoms with E-state index in [-0.39, 0.29) is 5.91 Å². The van der Waals surface area contributed by atoms with Crippen molar-refractivity contribution in [2.75, 3.05) is 5.32 Å². The average molecular weight is 373 g/mol. The van der Waals surface area contributed by atoms with Crippen LogP contribution in [0, 0.1) is 13.8 Å². The Kier molecular flexibility index (Phi) is 5.90. The van der Waals surface area contributed by atoms with Crippen molar-refractivity contribution in [3.05, 3.63) is 89.5 Å². The molecule has 0 aliphatic rings. The normalized spacial score (nSPS) is 11.5. The van der Waals surface area contributed by atoms with Gasteiger partial charge in [-0.15, -0.1) is 0 Å². The fourth-order valence-corrected chi connectivity index (χ4v) is 3.02. The van der Waals surface area contributed by atoms with Crippen molar-refractivity contribution in [1.29, 1.82) is 0 Å². The zero-order chi connectivity index (χ0) is 20.1. The van der Waals surface area contributed by atoms with Gasteiger partial charge in [0.05, 0.1) is 5.56 Å². The summed E-state index contributed by atoms with van der Waals surface area (Å²) in [5.74, 6) is -0.877. The van der Waals surface area contributed by atoms with E-state index in [2.05, 4.69) is 5.32 Å². The van der Waals surface area contributed by atoms with Crippen LogP contribution in [0.5, 0.6) is 0 Å². The van der Waals surface area contributed by atoms with Crippen LogP contribution in [0.4, 0.5) is 5.69 Å². The van der Waals surface area contributed by atoms with E-state index in [1.54, 1.807) is 13.0 Å². The number of carbonyl (C=O) groups is 2. The number of amides is 1. The molecule has 28 heavy (non-hydrogen) atoms. The molecule has 0 aliphatic heterocycles. The Morgan fingerprint density at radius 2 is 1.57 bits per heavy atom. The molecule has 0 heterocycles. The van der Waals surface area contributed by atoms with Gasteiger partial charge >= 0.3 is 5.97 Å². The molecule has 0 fully saturated rings. The zero-order valence-electron chi connectivity index (χ0n) is 16.2. The van der Waals surface area contributed by atoms with Gasteiger partial charge in [-0.1, -0.05) is 66.2 Å². The van der Waals surface area contributed by atoms with E-state index in [1.165, 1.54) is 0 Å².